The van der Waals surface area contributed by atoms with Crippen LogP contribution in [0.1, 0.15) is 60.6 Å². The number of aromatic amines is 2. The van der Waals surface area contributed by atoms with Gasteiger partial charge in [0.1, 0.15) is 5.69 Å². The zero-order valence-corrected chi connectivity index (χ0v) is 9.08. The minimum absolute atomic E-state index is 0.0388. The molecule has 0 spiro atoms. The smallest absolute Gasteiger partial charge is 0.354 e. The fourth-order valence-corrected chi connectivity index (χ4v) is 2.44. The number of aromatic carboxylic acids is 1. The van der Waals surface area contributed by atoms with Crippen LogP contribution in [0.25, 0.3) is 0 Å². The van der Waals surface area contributed by atoms with E-state index >= 15 is 0 Å². The van der Waals surface area contributed by atoms with Crippen molar-refractivity contribution in [1.29, 1.82) is 0 Å². The Balaban J connectivity index is 2.30. The third-order valence-electron chi connectivity index (χ3n) is 3.23. The summed E-state index contributed by atoms with van der Waals surface area (Å²) in [6.07, 6.45) is 6.55. The second-order valence-corrected chi connectivity index (χ2v) is 4.36. The van der Waals surface area contributed by atoms with Crippen molar-refractivity contribution in [2.75, 3.05) is 0 Å². The van der Waals surface area contributed by atoms with Gasteiger partial charge in [0.25, 0.3) is 0 Å². The molecule has 0 bridgehead atoms. The average Bonchev–Trinajstić information content (AvgIpc) is 2.49. The number of carboxylic acid groups (broad SMARTS) is 1. The summed E-state index contributed by atoms with van der Waals surface area (Å²) in [4.78, 5) is 27.1. The number of carbonyl (C=O) groups is 1. The van der Waals surface area contributed by atoms with E-state index in [0.717, 1.165) is 25.7 Å². The van der Waals surface area contributed by atoms with E-state index in [2.05, 4.69) is 9.97 Å². The maximum absolute atomic E-state index is 11.2. The summed E-state index contributed by atoms with van der Waals surface area (Å²) in [5.74, 6) is -0.870. The molecular weight excluding hydrogens is 208 g/mol. The largest absolute Gasteiger partial charge is 0.477 e. The first kappa shape index (κ1) is 11.0. The van der Waals surface area contributed by atoms with Gasteiger partial charge in [-0.25, -0.2) is 9.59 Å². The highest BCUT2D eigenvalue weighted by Gasteiger charge is 2.23. The number of H-pyrrole nitrogens is 2. The predicted molar refractivity (Wildman–Crippen MR) is 58.8 cm³/mol. The lowest BCUT2D eigenvalue weighted by atomic mass is 9.95. The number of imidazole rings is 1. The van der Waals surface area contributed by atoms with Crippen molar-refractivity contribution in [1.82, 2.24) is 9.97 Å². The number of aromatic nitrogens is 2. The van der Waals surface area contributed by atoms with Crippen LogP contribution in [0.4, 0.5) is 0 Å². The number of carboxylic acids is 1. The van der Waals surface area contributed by atoms with Gasteiger partial charge in [-0.1, -0.05) is 25.7 Å². The van der Waals surface area contributed by atoms with Gasteiger partial charge in [0.05, 0.1) is 5.69 Å². The van der Waals surface area contributed by atoms with Crippen LogP contribution < -0.4 is 5.69 Å². The first-order chi connectivity index (χ1) is 7.68. The molecule has 2 rings (SSSR count). The molecule has 0 saturated heterocycles. The van der Waals surface area contributed by atoms with E-state index < -0.39 is 11.7 Å². The number of hydrogen-bond donors (Lipinski definition) is 3. The Morgan fingerprint density at radius 3 is 2.31 bits per heavy atom. The van der Waals surface area contributed by atoms with E-state index in [4.69, 9.17) is 5.11 Å². The summed E-state index contributed by atoms with van der Waals surface area (Å²) in [5, 5.41) is 8.99. The van der Waals surface area contributed by atoms with Crippen molar-refractivity contribution >= 4 is 5.97 Å². The van der Waals surface area contributed by atoms with Crippen molar-refractivity contribution in [3.63, 3.8) is 0 Å². The van der Waals surface area contributed by atoms with Crippen LogP contribution >= 0.6 is 0 Å². The fraction of sp³-hybridized carbons (Fsp3) is 0.636. The fourth-order valence-electron chi connectivity index (χ4n) is 2.44. The summed E-state index contributed by atoms with van der Waals surface area (Å²) in [5.41, 5.74) is 0.202. The minimum atomic E-state index is -1.06. The van der Waals surface area contributed by atoms with Crippen LogP contribution in [0.15, 0.2) is 4.79 Å². The van der Waals surface area contributed by atoms with E-state index in [1.54, 1.807) is 0 Å². The van der Waals surface area contributed by atoms with Crippen molar-refractivity contribution < 1.29 is 9.90 Å². The van der Waals surface area contributed by atoms with Gasteiger partial charge in [0.15, 0.2) is 0 Å². The molecule has 3 N–H and O–H groups in total. The third kappa shape index (κ3) is 2.18. The molecule has 0 atom stereocenters. The van der Waals surface area contributed by atoms with Crippen molar-refractivity contribution in [2.24, 2.45) is 0 Å². The van der Waals surface area contributed by atoms with Crippen LogP contribution in [-0.4, -0.2) is 21.0 Å². The van der Waals surface area contributed by atoms with E-state index in [1.807, 2.05) is 0 Å². The molecule has 0 radical (unpaired) electrons. The Bertz CT molecular complexity index is 425. The zero-order valence-electron chi connectivity index (χ0n) is 9.08. The molecule has 0 aliphatic heterocycles. The lowest BCUT2D eigenvalue weighted by molar-refractivity contribution is 0.0689. The van der Waals surface area contributed by atoms with Gasteiger partial charge in [-0.3, -0.25) is 4.98 Å². The highest BCUT2D eigenvalue weighted by Crippen LogP contribution is 2.31. The molecule has 0 unspecified atom stereocenters. The van der Waals surface area contributed by atoms with Gasteiger partial charge in [0.2, 0.25) is 0 Å². The third-order valence-corrected chi connectivity index (χ3v) is 3.23. The van der Waals surface area contributed by atoms with Crippen LogP contribution in [0, 0.1) is 0 Å². The van der Waals surface area contributed by atoms with Gasteiger partial charge >= 0.3 is 11.7 Å². The summed E-state index contributed by atoms with van der Waals surface area (Å²) in [7, 11) is 0. The van der Waals surface area contributed by atoms with E-state index in [1.165, 1.54) is 12.8 Å². The highest BCUT2D eigenvalue weighted by molar-refractivity contribution is 5.86. The maximum Gasteiger partial charge on any atom is 0.354 e. The second kappa shape index (κ2) is 4.55. The molecular formula is C11H16N2O3. The lowest BCUT2D eigenvalue weighted by Gasteiger charge is -2.12. The Morgan fingerprint density at radius 2 is 1.75 bits per heavy atom. The maximum atomic E-state index is 11.2. The second-order valence-electron chi connectivity index (χ2n) is 4.36. The molecule has 5 nitrogen and oxygen atoms in total. The van der Waals surface area contributed by atoms with Gasteiger partial charge < -0.3 is 10.1 Å². The Morgan fingerprint density at radius 1 is 1.12 bits per heavy atom. The first-order valence-electron chi connectivity index (χ1n) is 5.74. The lowest BCUT2D eigenvalue weighted by Crippen LogP contribution is -2.07. The minimum Gasteiger partial charge on any atom is -0.477 e. The summed E-state index contributed by atoms with van der Waals surface area (Å²) < 4.78 is 0. The highest BCUT2D eigenvalue weighted by atomic mass is 16.4. The summed E-state index contributed by atoms with van der Waals surface area (Å²) in [6, 6.07) is 0. The van der Waals surface area contributed by atoms with Crippen LogP contribution in [-0.2, 0) is 0 Å². The number of nitrogens with one attached hydrogen (secondary N) is 2. The Kier molecular flexibility index (Phi) is 3.12. The number of hydrogen-bond acceptors (Lipinski definition) is 2. The normalized spacial score (nSPS) is 18.2. The van der Waals surface area contributed by atoms with Crippen molar-refractivity contribution in [3.8, 4) is 0 Å². The van der Waals surface area contributed by atoms with Crippen LogP contribution in [0.2, 0.25) is 0 Å². The monoisotopic (exact) mass is 224 g/mol. The SMILES string of the molecule is O=C(O)c1[nH]c(=O)[nH]c1C1CCCCCC1. The molecule has 1 heterocycles. The molecule has 1 saturated carbocycles. The molecule has 1 aliphatic carbocycles. The van der Waals surface area contributed by atoms with Crippen LogP contribution in [0.5, 0.6) is 0 Å². The Hall–Kier alpha value is -1.52. The van der Waals surface area contributed by atoms with E-state index in [0.29, 0.717) is 5.69 Å². The molecule has 1 aromatic rings. The molecule has 0 aromatic carbocycles. The van der Waals surface area contributed by atoms with Crippen molar-refractivity contribution in [2.45, 2.75) is 44.4 Å². The van der Waals surface area contributed by atoms with Gasteiger partial charge in [0, 0.05) is 5.92 Å². The van der Waals surface area contributed by atoms with Gasteiger partial charge in [-0.05, 0) is 12.8 Å². The topological polar surface area (TPSA) is 85.9 Å². The molecule has 88 valence electrons. The predicted octanol–water partition coefficient (Wildman–Crippen LogP) is 1.84. The van der Waals surface area contributed by atoms with Crippen molar-refractivity contribution in [3.05, 3.63) is 21.9 Å². The summed E-state index contributed by atoms with van der Waals surface area (Å²) in [6.45, 7) is 0. The first-order valence-corrected chi connectivity index (χ1v) is 5.74. The Labute approximate surface area is 92.9 Å². The van der Waals surface area contributed by atoms with E-state index in [-0.39, 0.29) is 11.6 Å². The van der Waals surface area contributed by atoms with E-state index in [9.17, 15) is 9.59 Å². The quantitative estimate of drug-likeness (QED) is 0.670. The van der Waals surface area contributed by atoms with Crippen LogP contribution in [0.3, 0.4) is 0 Å². The zero-order chi connectivity index (χ0) is 11.5. The van der Waals surface area contributed by atoms with Gasteiger partial charge in [-0.2, -0.15) is 0 Å². The molecule has 1 fully saturated rings. The molecule has 5 heteroatoms. The molecule has 1 aliphatic rings. The van der Waals surface area contributed by atoms with Gasteiger partial charge in [-0.15, -0.1) is 0 Å². The molecule has 0 amide bonds. The standard InChI is InChI=1S/C11H16N2O3/c14-10(15)9-8(12-11(16)13-9)7-5-3-1-2-4-6-7/h7H,1-6H2,(H,14,15)(H2,12,13,16). The number of rotatable bonds is 2. The molecule has 16 heavy (non-hydrogen) atoms. The summed E-state index contributed by atoms with van der Waals surface area (Å²) >= 11 is 0. The molecule has 1 aromatic heterocycles. The average molecular weight is 224 g/mol.